The Labute approximate surface area is 353 Å². The minimum atomic E-state index is 0.686. The van der Waals surface area contributed by atoms with E-state index in [9.17, 15) is 0 Å². The van der Waals surface area contributed by atoms with Crippen LogP contribution in [-0.2, 0) is 0 Å². The quantitative estimate of drug-likeness (QED) is 0.124. The van der Waals surface area contributed by atoms with Crippen LogP contribution in [0.4, 0.5) is 0 Å². The molecule has 3 nitrogen and oxygen atoms in total. The highest BCUT2D eigenvalue weighted by molar-refractivity contribution is 6.20. The molecule has 61 heavy (non-hydrogen) atoms. The molecule has 0 aliphatic carbocycles. The molecule has 0 saturated heterocycles. The van der Waals surface area contributed by atoms with Gasteiger partial charge in [-0.2, -0.15) is 0 Å². The topological polar surface area (TPSA) is 30.7 Å². The van der Waals surface area contributed by atoms with E-state index >= 15 is 0 Å². The van der Waals surface area contributed by atoms with Crippen LogP contribution in [0.3, 0.4) is 0 Å². The van der Waals surface area contributed by atoms with Crippen LogP contribution < -0.4 is 0 Å². The van der Waals surface area contributed by atoms with Gasteiger partial charge in [0.15, 0.2) is 5.82 Å². The van der Waals surface area contributed by atoms with E-state index in [-0.39, 0.29) is 0 Å². The Bertz CT molecular complexity index is 3620. The molecule has 0 fully saturated rings. The molecule has 2 aromatic heterocycles. The first-order chi connectivity index (χ1) is 30.2. The van der Waals surface area contributed by atoms with E-state index in [2.05, 4.69) is 223 Å². The van der Waals surface area contributed by atoms with Crippen LogP contribution in [0.5, 0.6) is 0 Å². The van der Waals surface area contributed by atoms with E-state index in [0.717, 1.165) is 50.5 Å². The van der Waals surface area contributed by atoms with Crippen molar-refractivity contribution in [3.8, 4) is 61.8 Å². The number of benzene rings is 10. The average molecular weight is 776 g/mol. The highest BCUT2D eigenvalue weighted by atomic mass is 15.0. The molecule has 0 aliphatic heterocycles. The molecule has 284 valence electrons. The predicted octanol–water partition coefficient (Wildman–Crippen LogP) is 15.4. The van der Waals surface area contributed by atoms with E-state index in [4.69, 9.17) is 9.97 Å². The molecule has 0 atom stereocenters. The normalized spacial score (nSPS) is 11.6. The number of nitrogens with zero attached hydrogens (tertiary/aromatic N) is 3. The van der Waals surface area contributed by atoms with Crippen molar-refractivity contribution in [3.63, 3.8) is 0 Å². The summed E-state index contributed by atoms with van der Waals surface area (Å²) in [5.41, 5.74) is 13.0. The molecule has 12 aromatic rings. The van der Waals surface area contributed by atoms with Crippen molar-refractivity contribution >= 4 is 54.1 Å². The van der Waals surface area contributed by atoms with Gasteiger partial charge in [-0.25, -0.2) is 9.97 Å². The minimum absolute atomic E-state index is 0.686. The highest BCUT2D eigenvalue weighted by Crippen LogP contribution is 2.41. The molecule has 3 heteroatoms. The number of para-hydroxylation sites is 2. The third-order valence-corrected chi connectivity index (χ3v) is 12.2. The molecule has 0 N–H and O–H groups in total. The molecule has 0 aliphatic rings. The van der Waals surface area contributed by atoms with Gasteiger partial charge in [0, 0.05) is 33.2 Å². The third-order valence-electron chi connectivity index (χ3n) is 12.2. The zero-order chi connectivity index (χ0) is 40.3. The molecule has 12 rings (SSSR count). The molecule has 2 heterocycles. The Morgan fingerprint density at radius 2 is 0.885 bits per heavy atom. The lowest BCUT2D eigenvalue weighted by Gasteiger charge is -2.15. The van der Waals surface area contributed by atoms with Crippen molar-refractivity contribution < 1.29 is 0 Å². The first kappa shape index (κ1) is 34.9. The van der Waals surface area contributed by atoms with Crippen molar-refractivity contribution in [2.45, 2.75) is 0 Å². The van der Waals surface area contributed by atoms with Crippen molar-refractivity contribution in [1.29, 1.82) is 0 Å². The summed E-state index contributed by atoms with van der Waals surface area (Å²) >= 11 is 0. The van der Waals surface area contributed by atoms with Gasteiger partial charge in [0.1, 0.15) is 0 Å². The van der Waals surface area contributed by atoms with Crippen LogP contribution in [0.2, 0.25) is 0 Å². The molecule has 10 aromatic carbocycles. The lowest BCUT2D eigenvalue weighted by Crippen LogP contribution is -1.97. The van der Waals surface area contributed by atoms with E-state index in [1.165, 1.54) is 59.7 Å². The number of aromatic nitrogens is 3. The summed E-state index contributed by atoms with van der Waals surface area (Å²) in [7, 11) is 0. The van der Waals surface area contributed by atoms with Crippen molar-refractivity contribution in [1.82, 2.24) is 14.5 Å². The second-order valence-corrected chi connectivity index (χ2v) is 15.7. The molecule has 0 amide bonds. The van der Waals surface area contributed by atoms with Crippen LogP contribution in [0.1, 0.15) is 0 Å². The summed E-state index contributed by atoms with van der Waals surface area (Å²) in [4.78, 5) is 10.6. The average Bonchev–Trinajstić information content (AvgIpc) is 3.67. The monoisotopic (exact) mass is 775 g/mol. The maximum atomic E-state index is 5.37. The van der Waals surface area contributed by atoms with Gasteiger partial charge >= 0.3 is 0 Å². The highest BCUT2D eigenvalue weighted by Gasteiger charge is 2.18. The molecule has 0 spiro atoms. The van der Waals surface area contributed by atoms with Gasteiger partial charge in [-0.1, -0.05) is 188 Å². The van der Waals surface area contributed by atoms with E-state index in [1.807, 2.05) is 6.07 Å². The summed E-state index contributed by atoms with van der Waals surface area (Å²) in [6.45, 7) is 0. The predicted molar refractivity (Wildman–Crippen MR) is 256 cm³/mol. The standard InChI is InChI=1S/C58H37N3/c1-3-16-39(17-4-1)53-37-54(48-24-12-11-22-46(48)43-32-33-50-49-25-13-14-26-55(49)61(56(50)36-43)44-19-5-2-6-20-44)60-58(59-53)41-29-27-40(28-30-41)57-47-23-10-8-18-42(47)35-52-45-21-9-7-15-38(45)31-34-51(52)57/h1-37H. The number of fused-ring (bicyclic) bond motifs is 7. The van der Waals surface area contributed by atoms with Crippen LogP contribution in [-0.4, -0.2) is 14.5 Å². The first-order valence-corrected chi connectivity index (χ1v) is 20.8. The van der Waals surface area contributed by atoms with Crippen molar-refractivity contribution in [2.75, 3.05) is 0 Å². The summed E-state index contributed by atoms with van der Waals surface area (Å²) in [5, 5.41) is 9.95. The Balaban J connectivity index is 1.01. The number of hydrogen-bond acceptors (Lipinski definition) is 2. The van der Waals surface area contributed by atoms with Gasteiger partial charge in [0.25, 0.3) is 0 Å². The Hall–Kier alpha value is -8.14. The smallest absolute Gasteiger partial charge is 0.160 e. The van der Waals surface area contributed by atoms with Gasteiger partial charge in [-0.05, 0) is 91.0 Å². The Morgan fingerprint density at radius 3 is 1.70 bits per heavy atom. The SMILES string of the molecule is c1ccc(-c2cc(-c3ccccc3-c3ccc4c5ccccc5n(-c5ccccc5)c4c3)nc(-c3ccc(-c4c5ccccc5cc5c4ccc4ccccc45)cc3)n2)cc1. The zero-order valence-electron chi connectivity index (χ0n) is 33.2. The van der Waals surface area contributed by atoms with Gasteiger partial charge in [0.05, 0.1) is 22.4 Å². The maximum absolute atomic E-state index is 5.37. The molecule has 0 bridgehead atoms. The largest absolute Gasteiger partial charge is 0.309 e. The minimum Gasteiger partial charge on any atom is -0.309 e. The second-order valence-electron chi connectivity index (χ2n) is 15.7. The Kier molecular flexibility index (Phi) is 8.17. The van der Waals surface area contributed by atoms with Crippen LogP contribution >= 0.6 is 0 Å². The fourth-order valence-corrected chi connectivity index (χ4v) is 9.34. The summed E-state index contributed by atoms with van der Waals surface area (Å²) in [5.74, 6) is 0.686. The molecular formula is C58H37N3. The summed E-state index contributed by atoms with van der Waals surface area (Å²) in [6, 6.07) is 80.4. The van der Waals surface area contributed by atoms with Gasteiger partial charge < -0.3 is 4.57 Å². The van der Waals surface area contributed by atoms with Crippen molar-refractivity contribution in [3.05, 3.63) is 224 Å². The fourth-order valence-electron chi connectivity index (χ4n) is 9.34. The van der Waals surface area contributed by atoms with Crippen molar-refractivity contribution in [2.24, 2.45) is 0 Å². The van der Waals surface area contributed by atoms with E-state index in [1.54, 1.807) is 0 Å². The molecular weight excluding hydrogens is 739 g/mol. The van der Waals surface area contributed by atoms with Crippen LogP contribution in [0, 0.1) is 0 Å². The van der Waals surface area contributed by atoms with Gasteiger partial charge in [-0.15, -0.1) is 0 Å². The van der Waals surface area contributed by atoms with Gasteiger partial charge in [0.2, 0.25) is 0 Å². The lowest BCUT2D eigenvalue weighted by atomic mass is 9.89. The summed E-state index contributed by atoms with van der Waals surface area (Å²) < 4.78 is 2.37. The fraction of sp³-hybridized carbons (Fsp3) is 0. The number of rotatable bonds is 6. The zero-order valence-corrected chi connectivity index (χ0v) is 33.2. The maximum Gasteiger partial charge on any atom is 0.160 e. The van der Waals surface area contributed by atoms with E-state index < -0.39 is 0 Å². The number of hydrogen-bond donors (Lipinski definition) is 0. The van der Waals surface area contributed by atoms with Crippen LogP contribution in [0.15, 0.2) is 224 Å². The third kappa shape index (κ3) is 5.90. The van der Waals surface area contributed by atoms with Crippen LogP contribution in [0.25, 0.3) is 116 Å². The lowest BCUT2D eigenvalue weighted by molar-refractivity contribution is 1.18. The van der Waals surface area contributed by atoms with Gasteiger partial charge in [-0.3, -0.25) is 0 Å². The summed E-state index contributed by atoms with van der Waals surface area (Å²) in [6.07, 6.45) is 0. The first-order valence-electron chi connectivity index (χ1n) is 20.8. The molecule has 0 saturated carbocycles. The Morgan fingerprint density at radius 1 is 0.295 bits per heavy atom. The second kappa shape index (κ2) is 14.3. The molecule has 0 radical (unpaired) electrons. The molecule has 0 unspecified atom stereocenters. The van der Waals surface area contributed by atoms with E-state index in [0.29, 0.717) is 5.82 Å².